The van der Waals surface area contributed by atoms with E-state index in [0.717, 1.165) is 22.0 Å². The monoisotopic (exact) mass is 565 g/mol. The van der Waals surface area contributed by atoms with Crippen LogP contribution in [0.5, 0.6) is 0 Å². The van der Waals surface area contributed by atoms with Gasteiger partial charge in [0, 0.05) is 42.8 Å². The molecule has 0 saturated carbocycles. The predicted octanol–water partition coefficient (Wildman–Crippen LogP) is 5.90. The Morgan fingerprint density at radius 2 is 1.85 bits per heavy atom. The van der Waals surface area contributed by atoms with Crippen LogP contribution in [0.4, 0.5) is 17.3 Å². The molecule has 4 aromatic rings. The van der Waals surface area contributed by atoms with E-state index < -0.39 is 9.84 Å². The standard InChI is InChI=1S/C28H32ClN7O2S/c1-16(2)20-8-9-24(32-18(4)17(3)15-39(6,37)38)22-13-31-26(11-21(20)22)33-25-10-7-19(12-30)27(34-25)23-14-36(5)35-28(23)29/h7-11,13-14,16-18,32H,15H2,1-6H3,(H,31,33,34)/t17-,18-/m1/s1. The summed E-state index contributed by atoms with van der Waals surface area (Å²) in [5, 5.41) is 22.8. The molecule has 1 aromatic carbocycles. The SMILES string of the molecule is CC(C)c1ccc(N[C@H](C)[C@H](C)CS(C)(=O)=O)c2cnc(Nc3ccc(C#N)c(-c4cn(C)nc4Cl)n3)cc12. The Labute approximate surface area is 234 Å². The molecule has 204 valence electrons. The van der Waals surface area contributed by atoms with E-state index in [1.165, 1.54) is 6.26 Å². The predicted molar refractivity (Wildman–Crippen MR) is 157 cm³/mol. The molecule has 3 heterocycles. The molecule has 9 nitrogen and oxygen atoms in total. The lowest BCUT2D eigenvalue weighted by atomic mass is 9.95. The number of nitrogens with zero attached hydrogens (tertiary/aromatic N) is 5. The van der Waals surface area contributed by atoms with Crippen LogP contribution in [0.3, 0.4) is 0 Å². The van der Waals surface area contributed by atoms with Crippen molar-refractivity contribution >= 4 is 49.5 Å². The van der Waals surface area contributed by atoms with Gasteiger partial charge in [0.25, 0.3) is 0 Å². The third-order valence-electron chi connectivity index (χ3n) is 6.67. The van der Waals surface area contributed by atoms with Crippen LogP contribution in [0.15, 0.2) is 42.7 Å². The van der Waals surface area contributed by atoms with Gasteiger partial charge in [-0.25, -0.2) is 18.4 Å². The second kappa shape index (κ2) is 11.2. The average molecular weight is 566 g/mol. The first kappa shape index (κ1) is 28.3. The van der Waals surface area contributed by atoms with Crippen molar-refractivity contribution in [2.45, 2.75) is 39.7 Å². The van der Waals surface area contributed by atoms with Gasteiger partial charge in [-0.3, -0.25) is 4.68 Å². The van der Waals surface area contributed by atoms with Crippen LogP contribution in [0.25, 0.3) is 22.0 Å². The number of pyridine rings is 2. The lowest BCUT2D eigenvalue weighted by Crippen LogP contribution is -2.29. The Morgan fingerprint density at radius 3 is 2.46 bits per heavy atom. The maximum absolute atomic E-state index is 11.8. The fourth-order valence-corrected chi connectivity index (χ4v) is 6.05. The van der Waals surface area contributed by atoms with Crippen molar-refractivity contribution in [1.82, 2.24) is 19.7 Å². The largest absolute Gasteiger partial charge is 0.382 e. The number of fused-ring (bicyclic) bond motifs is 1. The molecule has 2 atom stereocenters. The van der Waals surface area contributed by atoms with Gasteiger partial charge in [0.15, 0.2) is 5.15 Å². The van der Waals surface area contributed by atoms with Crippen molar-refractivity contribution in [1.29, 1.82) is 5.26 Å². The van der Waals surface area contributed by atoms with E-state index in [9.17, 15) is 13.7 Å². The van der Waals surface area contributed by atoms with E-state index in [2.05, 4.69) is 51.7 Å². The summed E-state index contributed by atoms with van der Waals surface area (Å²) < 4.78 is 25.2. The van der Waals surface area contributed by atoms with Crippen LogP contribution in [0.1, 0.15) is 44.7 Å². The highest BCUT2D eigenvalue weighted by molar-refractivity contribution is 7.90. The molecule has 0 amide bonds. The van der Waals surface area contributed by atoms with Gasteiger partial charge in [0.2, 0.25) is 0 Å². The molecule has 0 unspecified atom stereocenters. The third kappa shape index (κ3) is 6.49. The zero-order chi connectivity index (χ0) is 28.5. The first-order valence-corrected chi connectivity index (χ1v) is 15.0. The fourth-order valence-electron chi connectivity index (χ4n) is 4.54. The van der Waals surface area contributed by atoms with Crippen LogP contribution in [-0.4, -0.2) is 46.2 Å². The molecular formula is C28H32ClN7O2S. The normalized spacial score (nSPS) is 13.3. The van der Waals surface area contributed by atoms with E-state index in [1.807, 2.05) is 32.2 Å². The number of anilines is 3. The molecule has 4 rings (SSSR count). The van der Waals surface area contributed by atoms with Crippen LogP contribution in [-0.2, 0) is 16.9 Å². The molecule has 0 bridgehead atoms. The van der Waals surface area contributed by atoms with E-state index in [-0.39, 0.29) is 28.8 Å². The van der Waals surface area contributed by atoms with Crippen LogP contribution in [0.2, 0.25) is 5.15 Å². The summed E-state index contributed by atoms with van der Waals surface area (Å²) in [5.74, 6) is 1.42. The van der Waals surface area contributed by atoms with Gasteiger partial charge in [-0.05, 0) is 54.0 Å². The maximum Gasteiger partial charge on any atom is 0.160 e. The molecule has 39 heavy (non-hydrogen) atoms. The Balaban J connectivity index is 1.70. The number of aryl methyl sites for hydroxylation is 1. The summed E-state index contributed by atoms with van der Waals surface area (Å²) in [4.78, 5) is 9.30. The molecule has 0 saturated heterocycles. The van der Waals surface area contributed by atoms with Gasteiger partial charge in [-0.15, -0.1) is 0 Å². The maximum atomic E-state index is 11.8. The van der Waals surface area contributed by atoms with Gasteiger partial charge >= 0.3 is 0 Å². The summed E-state index contributed by atoms with van der Waals surface area (Å²) >= 11 is 6.29. The molecule has 0 spiro atoms. The van der Waals surface area contributed by atoms with Gasteiger partial charge in [-0.2, -0.15) is 10.4 Å². The third-order valence-corrected chi connectivity index (χ3v) is 8.08. The Hall–Kier alpha value is -3.68. The number of hydrogen-bond donors (Lipinski definition) is 2. The first-order chi connectivity index (χ1) is 18.4. The van der Waals surface area contributed by atoms with Crippen molar-refractivity contribution < 1.29 is 8.42 Å². The summed E-state index contributed by atoms with van der Waals surface area (Å²) in [7, 11) is -1.32. The highest BCUT2D eigenvalue weighted by atomic mass is 35.5. The molecule has 2 N–H and O–H groups in total. The lowest BCUT2D eigenvalue weighted by Gasteiger charge is -2.23. The smallest absolute Gasteiger partial charge is 0.160 e. The Bertz CT molecular complexity index is 1680. The molecule has 0 aliphatic rings. The van der Waals surface area contributed by atoms with Crippen LogP contribution < -0.4 is 10.6 Å². The lowest BCUT2D eigenvalue weighted by molar-refractivity contribution is 0.538. The van der Waals surface area contributed by atoms with E-state index in [0.29, 0.717) is 28.5 Å². The number of halogens is 1. The van der Waals surface area contributed by atoms with Gasteiger partial charge in [-0.1, -0.05) is 38.4 Å². The van der Waals surface area contributed by atoms with Gasteiger partial charge in [0.05, 0.1) is 22.6 Å². The number of nitriles is 1. The van der Waals surface area contributed by atoms with Crippen LogP contribution >= 0.6 is 11.6 Å². The number of hydrogen-bond acceptors (Lipinski definition) is 8. The van der Waals surface area contributed by atoms with Gasteiger partial charge in [0.1, 0.15) is 27.5 Å². The van der Waals surface area contributed by atoms with Crippen molar-refractivity contribution in [3.8, 4) is 17.3 Å². The van der Waals surface area contributed by atoms with Crippen molar-refractivity contribution in [3.05, 3.63) is 59.0 Å². The topological polar surface area (TPSA) is 126 Å². The minimum Gasteiger partial charge on any atom is -0.382 e. The number of rotatable bonds is 9. The Kier molecular flexibility index (Phi) is 8.14. The quantitative estimate of drug-likeness (QED) is 0.257. The summed E-state index contributed by atoms with van der Waals surface area (Å²) in [6.07, 6.45) is 4.80. The molecule has 0 aliphatic carbocycles. The van der Waals surface area contributed by atoms with E-state index in [4.69, 9.17) is 11.6 Å². The molecule has 3 aromatic heterocycles. The number of sulfone groups is 1. The Morgan fingerprint density at radius 1 is 1.10 bits per heavy atom. The zero-order valence-corrected chi connectivity index (χ0v) is 24.4. The van der Waals surface area contributed by atoms with E-state index >= 15 is 0 Å². The van der Waals surface area contributed by atoms with Crippen molar-refractivity contribution in [2.24, 2.45) is 13.0 Å². The number of benzene rings is 1. The minimum atomic E-state index is -3.08. The summed E-state index contributed by atoms with van der Waals surface area (Å²) in [6.45, 7) is 8.20. The zero-order valence-electron chi connectivity index (χ0n) is 22.8. The summed E-state index contributed by atoms with van der Waals surface area (Å²) in [5.41, 5.74) is 3.45. The molecular weight excluding hydrogens is 534 g/mol. The van der Waals surface area contributed by atoms with Crippen molar-refractivity contribution in [3.63, 3.8) is 0 Å². The highest BCUT2D eigenvalue weighted by Gasteiger charge is 2.20. The minimum absolute atomic E-state index is 0.0637. The summed E-state index contributed by atoms with van der Waals surface area (Å²) in [6, 6.07) is 11.6. The van der Waals surface area contributed by atoms with Gasteiger partial charge < -0.3 is 10.6 Å². The first-order valence-electron chi connectivity index (χ1n) is 12.6. The highest BCUT2D eigenvalue weighted by Crippen LogP contribution is 2.34. The number of nitrogens with one attached hydrogen (secondary N) is 2. The molecule has 11 heteroatoms. The van der Waals surface area contributed by atoms with E-state index in [1.54, 1.807) is 30.1 Å². The molecule has 0 fully saturated rings. The van der Waals surface area contributed by atoms with Crippen LogP contribution in [0, 0.1) is 17.2 Å². The average Bonchev–Trinajstić information content (AvgIpc) is 3.20. The molecule has 0 aliphatic heterocycles. The number of aromatic nitrogens is 4. The van der Waals surface area contributed by atoms with Crippen molar-refractivity contribution in [2.75, 3.05) is 22.6 Å². The molecule has 0 radical (unpaired) electrons. The second-order valence-corrected chi connectivity index (χ2v) is 12.9. The fraction of sp³-hybridized carbons (Fsp3) is 0.357. The second-order valence-electron chi connectivity index (χ2n) is 10.3.